The molecule has 0 amide bonds. The van der Waals surface area contributed by atoms with Crippen molar-refractivity contribution in [3.8, 4) is 11.5 Å². The van der Waals surface area contributed by atoms with Crippen LogP contribution in [0.25, 0.3) is 0 Å². The number of aromatic nitrogens is 1. The third kappa shape index (κ3) is 3.59. The van der Waals surface area contributed by atoms with Gasteiger partial charge in [0.2, 0.25) is 10.0 Å². The number of benzene rings is 1. The Kier molecular flexibility index (Phi) is 5.17. The largest absolute Gasteiger partial charge is 0.493 e. The van der Waals surface area contributed by atoms with Crippen LogP contribution in [-0.4, -0.2) is 39.0 Å². The number of pyridine rings is 1. The number of methoxy groups -OCH3 is 2. The van der Waals surface area contributed by atoms with E-state index in [1.54, 1.807) is 24.5 Å². The molecule has 0 spiro atoms. The fourth-order valence-corrected chi connectivity index (χ4v) is 3.25. The van der Waals surface area contributed by atoms with Gasteiger partial charge in [0.15, 0.2) is 11.5 Å². The van der Waals surface area contributed by atoms with E-state index < -0.39 is 20.7 Å². The number of nitrogens with zero attached hydrogens (tertiary/aromatic N) is 2. The van der Waals surface area contributed by atoms with Crippen LogP contribution < -0.4 is 9.47 Å². The minimum Gasteiger partial charge on any atom is -0.493 e. The number of rotatable bonds is 6. The monoisotopic (exact) mass is 340 g/mol. The van der Waals surface area contributed by atoms with E-state index in [-0.39, 0.29) is 18.0 Å². The van der Waals surface area contributed by atoms with Gasteiger partial charge in [-0.3, -0.25) is 4.98 Å². The average molecular weight is 340 g/mol. The van der Waals surface area contributed by atoms with Crippen LogP contribution in [0, 0.1) is 5.82 Å². The predicted octanol–water partition coefficient (Wildman–Crippen LogP) is 2.06. The van der Waals surface area contributed by atoms with Gasteiger partial charge in [0.25, 0.3) is 0 Å². The van der Waals surface area contributed by atoms with Crippen molar-refractivity contribution in [2.75, 3.05) is 21.3 Å². The summed E-state index contributed by atoms with van der Waals surface area (Å²) >= 11 is 0. The summed E-state index contributed by atoms with van der Waals surface area (Å²) in [5.41, 5.74) is 0.743. The third-order valence-corrected chi connectivity index (χ3v) is 5.10. The van der Waals surface area contributed by atoms with Crippen molar-refractivity contribution in [3.63, 3.8) is 0 Å². The first-order valence-electron chi connectivity index (χ1n) is 6.67. The van der Waals surface area contributed by atoms with Crippen molar-refractivity contribution in [3.05, 3.63) is 48.0 Å². The summed E-state index contributed by atoms with van der Waals surface area (Å²) in [7, 11) is 0.0601. The second kappa shape index (κ2) is 6.93. The van der Waals surface area contributed by atoms with E-state index in [0.29, 0.717) is 0 Å². The van der Waals surface area contributed by atoms with E-state index in [1.807, 2.05) is 0 Å². The van der Waals surface area contributed by atoms with Gasteiger partial charge in [-0.1, -0.05) is 0 Å². The smallest absolute Gasteiger partial charge is 0.246 e. The third-order valence-electron chi connectivity index (χ3n) is 3.28. The number of sulfonamides is 1. The lowest BCUT2D eigenvalue weighted by Crippen LogP contribution is -2.27. The highest BCUT2D eigenvalue weighted by molar-refractivity contribution is 7.89. The molecule has 0 radical (unpaired) electrons. The Bertz CT molecular complexity index is 782. The van der Waals surface area contributed by atoms with Crippen LogP contribution in [0.4, 0.5) is 4.39 Å². The lowest BCUT2D eigenvalue weighted by molar-refractivity contribution is 0.349. The summed E-state index contributed by atoms with van der Waals surface area (Å²) in [5, 5.41) is 0. The highest BCUT2D eigenvalue weighted by Gasteiger charge is 2.27. The van der Waals surface area contributed by atoms with Crippen LogP contribution in [-0.2, 0) is 16.6 Å². The minimum atomic E-state index is -4.02. The maximum atomic E-state index is 14.2. The molecule has 0 aliphatic rings. The molecule has 1 heterocycles. The quantitative estimate of drug-likeness (QED) is 0.805. The first-order chi connectivity index (χ1) is 10.9. The van der Waals surface area contributed by atoms with Crippen molar-refractivity contribution >= 4 is 10.0 Å². The Balaban J connectivity index is 2.39. The van der Waals surface area contributed by atoms with Crippen molar-refractivity contribution in [2.45, 2.75) is 11.4 Å². The molecule has 0 unspecified atom stereocenters. The molecule has 0 saturated heterocycles. The van der Waals surface area contributed by atoms with E-state index >= 15 is 0 Å². The molecule has 1 aromatic carbocycles. The zero-order valence-electron chi connectivity index (χ0n) is 13.0. The van der Waals surface area contributed by atoms with Crippen LogP contribution in [0.2, 0.25) is 0 Å². The Hall–Kier alpha value is -2.19. The van der Waals surface area contributed by atoms with Crippen molar-refractivity contribution in [1.82, 2.24) is 9.29 Å². The highest BCUT2D eigenvalue weighted by atomic mass is 32.2. The van der Waals surface area contributed by atoms with Gasteiger partial charge in [-0.25, -0.2) is 12.8 Å². The molecule has 0 fully saturated rings. The maximum Gasteiger partial charge on any atom is 0.246 e. The molecular formula is C15H17FN2O4S. The van der Waals surface area contributed by atoms with Gasteiger partial charge in [0.05, 0.1) is 14.2 Å². The minimum absolute atomic E-state index is 0.0959. The summed E-state index contributed by atoms with van der Waals surface area (Å²) in [6.45, 7) is 0.0959. The zero-order chi connectivity index (χ0) is 17.0. The van der Waals surface area contributed by atoms with E-state index in [9.17, 15) is 12.8 Å². The van der Waals surface area contributed by atoms with Gasteiger partial charge in [0.1, 0.15) is 10.7 Å². The Morgan fingerprint density at radius 2 is 1.70 bits per heavy atom. The summed E-state index contributed by atoms with van der Waals surface area (Å²) in [6, 6.07) is 5.49. The van der Waals surface area contributed by atoms with Gasteiger partial charge in [-0.2, -0.15) is 4.31 Å². The molecule has 0 bridgehead atoms. The van der Waals surface area contributed by atoms with Crippen molar-refractivity contribution in [1.29, 1.82) is 0 Å². The summed E-state index contributed by atoms with van der Waals surface area (Å²) in [6.07, 6.45) is 3.12. The first kappa shape index (κ1) is 17.2. The molecule has 2 rings (SSSR count). The summed E-state index contributed by atoms with van der Waals surface area (Å²) in [5.74, 6) is -0.630. The Morgan fingerprint density at radius 1 is 1.13 bits per heavy atom. The molecule has 23 heavy (non-hydrogen) atoms. The fourth-order valence-electron chi connectivity index (χ4n) is 2.03. The van der Waals surface area contributed by atoms with Crippen LogP contribution in [0.1, 0.15) is 5.56 Å². The van der Waals surface area contributed by atoms with Gasteiger partial charge in [-0.05, 0) is 17.7 Å². The second-order valence-corrected chi connectivity index (χ2v) is 6.77. The highest BCUT2D eigenvalue weighted by Crippen LogP contribution is 2.33. The number of hydrogen-bond donors (Lipinski definition) is 0. The average Bonchev–Trinajstić information content (AvgIpc) is 2.55. The maximum absolute atomic E-state index is 14.2. The van der Waals surface area contributed by atoms with E-state index in [1.165, 1.54) is 21.3 Å². The molecule has 0 saturated carbocycles. The molecule has 1 aromatic heterocycles. The van der Waals surface area contributed by atoms with E-state index in [2.05, 4.69) is 4.98 Å². The van der Waals surface area contributed by atoms with Crippen LogP contribution in [0.3, 0.4) is 0 Å². The van der Waals surface area contributed by atoms with Crippen LogP contribution in [0.15, 0.2) is 41.6 Å². The second-order valence-electron chi connectivity index (χ2n) is 4.75. The topological polar surface area (TPSA) is 68.7 Å². The molecular weight excluding hydrogens is 323 g/mol. The fraction of sp³-hybridized carbons (Fsp3) is 0.267. The number of ether oxygens (including phenoxy) is 2. The Labute approximate surface area is 134 Å². The summed E-state index contributed by atoms with van der Waals surface area (Å²) < 4.78 is 50.5. The van der Waals surface area contributed by atoms with Crippen molar-refractivity contribution in [2.24, 2.45) is 0 Å². The number of halogens is 1. The normalized spacial score (nSPS) is 11.5. The van der Waals surface area contributed by atoms with Gasteiger partial charge in [0, 0.05) is 38.1 Å². The molecule has 0 N–H and O–H groups in total. The van der Waals surface area contributed by atoms with Gasteiger partial charge >= 0.3 is 0 Å². The molecule has 6 nitrogen and oxygen atoms in total. The number of hydrogen-bond acceptors (Lipinski definition) is 5. The lowest BCUT2D eigenvalue weighted by atomic mass is 10.3. The summed E-state index contributed by atoms with van der Waals surface area (Å²) in [4.78, 5) is 3.40. The van der Waals surface area contributed by atoms with E-state index in [4.69, 9.17) is 9.47 Å². The molecule has 0 atom stereocenters. The van der Waals surface area contributed by atoms with Gasteiger partial charge in [-0.15, -0.1) is 0 Å². The molecule has 124 valence electrons. The van der Waals surface area contributed by atoms with E-state index in [0.717, 1.165) is 22.0 Å². The zero-order valence-corrected chi connectivity index (χ0v) is 13.8. The lowest BCUT2D eigenvalue weighted by Gasteiger charge is -2.19. The van der Waals surface area contributed by atoms with Crippen molar-refractivity contribution < 1.29 is 22.3 Å². The molecule has 0 aliphatic heterocycles. The standard InChI is InChI=1S/C15H17FN2O4S/c1-18(10-11-4-6-17-7-5-11)23(19,20)15-9-14(22-3)13(21-2)8-12(15)16/h4-9H,10H2,1-3H3. The first-order valence-corrected chi connectivity index (χ1v) is 8.11. The predicted molar refractivity (Wildman–Crippen MR) is 82.4 cm³/mol. The molecule has 8 heteroatoms. The van der Waals surface area contributed by atoms with Gasteiger partial charge < -0.3 is 9.47 Å². The molecule has 2 aromatic rings. The van der Waals surface area contributed by atoms with Crippen LogP contribution >= 0.6 is 0 Å². The van der Waals surface area contributed by atoms with Crippen LogP contribution in [0.5, 0.6) is 11.5 Å². The Morgan fingerprint density at radius 3 is 2.26 bits per heavy atom. The molecule has 0 aliphatic carbocycles. The SMILES string of the molecule is COc1cc(F)c(S(=O)(=O)N(C)Cc2ccncc2)cc1OC.